The topological polar surface area (TPSA) is 189 Å². The first-order valence-corrected chi connectivity index (χ1v) is 19.4. The first-order chi connectivity index (χ1) is 26.3. The SMILES string of the molecule is CC(C)C[C@H](NC(=O)[C@@H](N)CC(C)C)C(=O)N[C@@H](CCC(=O)NC(c1ccccc1)(c1ccccc1)c1ccccc1)C(=O)N[C@H](C(=O)O)[C@@H](C)OC(C)(C)C. The van der Waals surface area contributed by atoms with Crippen molar-refractivity contribution in [3.8, 4) is 0 Å². The van der Waals surface area contributed by atoms with Crippen LogP contribution >= 0.6 is 0 Å². The van der Waals surface area contributed by atoms with Crippen molar-refractivity contribution in [2.45, 2.75) is 122 Å². The van der Waals surface area contributed by atoms with Crippen molar-refractivity contribution in [1.29, 1.82) is 0 Å². The highest BCUT2D eigenvalue weighted by Gasteiger charge is 2.39. The van der Waals surface area contributed by atoms with E-state index in [1.54, 1.807) is 20.8 Å². The third-order valence-corrected chi connectivity index (χ3v) is 9.22. The predicted octanol–water partition coefficient (Wildman–Crippen LogP) is 5.04. The number of carbonyl (C=O) groups is 5. The van der Waals surface area contributed by atoms with Gasteiger partial charge in [0.05, 0.1) is 17.7 Å². The highest BCUT2D eigenvalue weighted by atomic mass is 16.5. The Bertz CT molecular complexity index is 1630. The second kappa shape index (κ2) is 20.7. The summed E-state index contributed by atoms with van der Waals surface area (Å²) in [4.78, 5) is 67.7. The minimum absolute atomic E-state index is 0.0284. The molecule has 0 bridgehead atoms. The van der Waals surface area contributed by atoms with Crippen LogP contribution in [0.25, 0.3) is 0 Å². The third-order valence-electron chi connectivity index (χ3n) is 9.22. The van der Waals surface area contributed by atoms with Crippen LogP contribution in [0.2, 0.25) is 0 Å². The van der Waals surface area contributed by atoms with Crippen molar-refractivity contribution in [3.05, 3.63) is 108 Å². The fourth-order valence-electron chi connectivity index (χ4n) is 6.73. The van der Waals surface area contributed by atoms with Gasteiger partial charge in [0.2, 0.25) is 23.6 Å². The van der Waals surface area contributed by atoms with Gasteiger partial charge in [0, 0.05) is 6.42 Å². The standard InChI is InChI=1S/C44H61N5O7/c1-28(2)26-34(45)39(51)47-36(27-29(3)4)41(53)46-35(40(52)48-38(42(54)55)30(5)56-43(6,7)8)24-25-37(50)49-44(31-18-12-9-13-19-31,32-20-14-10-15-21-32)33-22-16-11-17-23-33/h9-23,28-30,34-36,38H,24-27,45H2,1-8H3,(H,46,53)(H,47,51)(H,48,52)(H,49,50)(H,54,55)/t30-,34+,35+,36+,38+/m1/s1. The Hall–Kier alpha value is -5.07. The fourth-order valence-corrected chi connectivity index (χ4v) is 6.73. The average Bonchev–Trinajstić information content (AvgIpc) is 3.13. The Balaban J connectivity index is 2.00. The molecule has 0 unspecified atom stereocenters. The van der Waals surface area contributed by atoms with E-state index in [2.05, 4.69) is 21.3 Å². The molecule has 56 heavy (non-hydrogen) atoms. The zero-order valence-electron chi connectivity index (χ0n) is 34.0. The predicted molar refractivity (Wildman–Crippen MR) is 217 cm³/mol. The molecule has 4 amide bonds. The van der Waals surface area contributed by atoms with E-state index in [-0.39, 0.29) is 31.1 Å². The maximum absolute atomic E-state index is 14.2. The summed E-state index contributed by atoms with van der Waals surface area (Å²) in [6, 6.07) is 23.9. The molecule has 0 radical (unpaired) electrons. The van der Waals surface area contributed by atoms with E-state index in [0.29, 0.717) is 6.42 Å². The maximum Gasteiger partial charge on any atom is 0.328 e. The molecule has 7 N–H and O–H groups in total. The monoisotopic (exact) mass is 771 g/mol. The maximum atomic E-state index is 14.2. The number of ether oxygens (including phenoxy) is 1. The molecule has 3 aromatic carbocycles. The van der Waals surface area contributed by atoms with Gasteiger partial charge < -0.3 is 36.8 Å². The summed E-state index contributed by atoms with van der Waals surface area (Å²) < 4.78 is 5.87. The molecular weight excluding hydrogens is 711 g/mol. The average molecular weight is 772 g/mol. The lowest BCUT2D eigenvalue weighted by Crippen LogP contribution is -2.59. The van der Waals surface area contributed by atoms with E-state index in [1.165, 1.54) is 6.92 Å². The summed E-state index contributed by atoms with van der Waals surface area (Å²) in [5.74, 6) is -3.64. The van der Waals surface area contributed by atoms with Gasteiger partial charge in [-0.2, -0.15) is 0 Å². The molecule has 0 heterocycles. The minimum atomic E-state index is -1.47. The summed E-state index contributed by atoms with van der Waals surface area (Å²) in [5, 5.41) is 21.4. The van der Waals surface area contributed by atoms with Crippen LogP contribution in [0.1, 0.15) is 97.8 Å². The molecule has 0 aliphatic rings. The third kappa shape index (κ3) is 13.3. The van der Waals surface area contributed by atoms with Crippen molar-refractivity contribution in [1.82, 2.24) is 21.3 Å². The number of amides is 4. The van der Waals surface area contributed by atoms with Crippen LogP contribution < -0.4 is 27.0 Å². The molecule has 0 aliphatic carbocycles. The van der Waals surface area contributed by atoms with Gasteiger partial charge in [-0.15, -0.1) is 0 Å². The molecule has 0 spiro atoms. The summed E-state index contributed by atoms with van der Waals surface area (Å²) in [6.07, 6.45) is -0.742. The van der Waals surface area contributed by atoms with E-state index in [4.69, 9.17) is 10.5 Å². The van der Waals surface area contributed by atoms with E-state index < -0.39 is 71.0 Å². The number of nitrogens with two attached hydrogens (primary N) is 1. The van der Waals surface area contributed by atoms with E-state index >= 15 is 0 Å². The van der Waals surface area contributed by atoms with Crippen LogP contribution in [0.15, 0.2) is 91.0 Å². The number of rotatable bonds is 20. The second-order valence-corrected chi connectivity index (χ2v) is 16.2. The first kappa shape index (κ1) is 45.3. The lowest BCUT2D eigenvalue weighted by atomic mass is 9.77. The molecule has 0 aromatic heterocycles. The number of carbonyl (C=O) groups excluding carboxylic acids is 4. The van der Waals surface area contributed by atoms with Gasteiger partial charge >= 0.3 is 5.97 Å². The Morgan fingerprint density at radius 2 is 1.07 bits per heavy atom. The molecule has 3 rings (SSSR count). The van der Waals surface area contributed by atoms with Crippen molar-refractivity contribution in [2.75, 3.05) is 0 Å². The highest BCUT2D eigenvalue weighted by Crippen LogP contribution is 2.37. The molecule has 0 fully saturated rings. The van der Waals surface area contributed by atoms with Crippen LogP contribution in [-0.2, 0) is 34.2 Å². The molecule has 12 heteroatoms. The number of carboxylic acids is 1. The van der Waals surface area contributed by atoms with Crippen molar-refractivity contribution in [3.63, 3.8) is 0 Å². The highest BCUT2D eigenvalue weighted by molar-refractivity contribution is 5.94. The normalized spacial score (nSPS) is 14.6. The van der Waals surface area contributed by atoms with E-state index in [9.17, 15) is 29.1 Å². The van der Waals surface area contributed by atoms with Crippen molar-refractivity contribution in [2.24, 2.45) is 17.6 Å². The largest absolute Gasteiger partial charge is 0.480 e. The molecule has 0 saturated heterocycles. The van der Waals surface area contributed by atoms with Crippen LogP contribution in [0.4, 0.5) is 0 Å². The number of carboxylic acid groups (broad SMARTS) is 1. The van der Waals surface area contributed by atoms with E-state index in [0.717, 1.165) is 16.7 Å². The van der Waals surface area contributed by atoms with Gasteiger partial charge in [0.25, 0.3) is 0 Å². The quantitative estimate of drug-likeness (QED) is 0.0863. The number of aliphatic carboxylic acids is 1. The fraction of sp³-hybridized carbons (Fsp3) is 0.477. The Morgan fingerprint density at radius 1 is 0.643 bits per heavy atom. The summed E-state index contributed by atoms with van der Waals surface area (Å²) in [7, 11) is 0. The van der Waals surface area contributed by atoms with Gasteiger partial charge in [0.15, 0.2) is 6.04 Å². The lowest BCUT2D eigenvalue weighted by Gasteiger charge is -2.37. The molecule has 0 saturated carbocycles. The van der Waals surface area contributed by atoms with Crippen molar-refractivity contribution >= 4 is 29.6 Å². The summed E-state index contributed by atoms with van der Waals surface area (Å²) in [5.41, 5.74) is 6.69. The molecule has 0 aliphatic heterocycles. The Labute approximate surface area is 331 Å². The number of hydrogen-bond acceptors (Lipinski definition) is 7. The molecule has 3 aromatic rings. The van der Waals surface area contributed by atoms with Gasteiger partial charge in [-0.25, -0.2) is 4.79 Å². The molecule has 5 atom stereocenters. The Morgan fingerprint density at radius 3 is 1.48 bits per heavy atom. The molecular formula is C44H61N5O7. The zero-order chi connectivity index (χ0) is 41.6. The number of benzene rings is 3. The number of hydrogen-bond donors (Lipinski definition) is 6. The minimum Gasteiger partial charge on any atom is -0.480 e. The Kier molecular flexibility index (Phi) is 16.8. The summed E-state index contributed by atoms with van der Waals surface area (Å²) in [6.45, 7) is 14.5. The number of nitrogens with one attached hydrogen (secondary N) is 4. The van der Waals surface area contributed by atoms with Crippen LogP contribution in [0.5, 0.6) is 0 Å². The van der Waals surface area contributed by atoms with Gasteiger partial charge in [-0.1, -0.05) is 119 Å². The van der Waals surface area contributed by atoms with Crippen LogP contribution in [-0.4, -0.2) is 70.6 Å². The van der Waals surface area contributed by atoms with Crippen LogP contribution in [0.3, 0.4) is 0 Å². The van der Waals surface area contributed by atoms with Gasteiger partial charge in [0.1, 0.15) is 17.6 Å². The molecule has 304 valence electrons. The lowest BCUT2D eigenvalue weighted by molar-refractivity contribution is -0.150. The molecule has 12 nitrogen and oxygen atoms in total. The smallest absolute Gasteiger partial charge is 0.328 e. The first-order valence-electron chi connectivity index (χ1n) is 19.4. The summed E-state index contributed by atoms with van der Waals surface area (Å²) >= 11 is 0. The van der Waals surface area contributed by atoms with E-state index in [1.807, 2.05) is 119 Å². The zero-order valence-corrected chi connectivity index (χ0v) is 34.0. The van der Waals surface area contributed by atoms with Gasteiger partial charge in [-0.05, 0) is 75.5 Å². The second-order valence-electron chi connectivity index (χ2n) is 16.2. The van der Waals surface area contributed by atoms with Gasteiger partial charge in [-0.3, -0.25) is 19.2 Å². The van der Waals surface area contributed by atoms with Crippen molar-refractivity contribution < 1.29 is 33.8 Å². The van der Waals surface area contributed by atoms with Crippen LogP contribution in [0, 0.1) is 11.8 Å².